The van der Waals surface area contributed by atoms with Gasteiger partial charge in [-0.1, -0.05) is 13.8 Å². The predicted molar refractivity (Wildman–Crippen MR) is 82.5 cm³/mol. The van der Waals surface area contributed by atoms with E-state index in [2.05, 4.69) is 19.2 Å². The Balaban J connectivity index is 2.27. The van der Waals surface area contributed by atoms with Crippen LogP contribution in [-0.2, 0) is 0 Å². The van der Waals surface area contributed by atoms with Gasteiger partial charge in [0, 0.05) is 12.1 Å². The van der Waals surface area contributed by atoms with E-state index in [4.69, 9.17) is 5.11 Å². The molecule has 0 saturated heterocycles. The fraction of sp³-hybridized carbons (Fsp3) is 0.467. The van der Waals surface area contributed by atoms with Crippen LogP contribution in [-0.4, -0.2) is 35.0 Å². The highest BCUT2D eigenvalue weighted by Gasteiger charge is 2.07. The molecule has 1 aromatic rings. The number of carbonyl (C=O) groups excluding carboxylic acids is 1. The first-order valence-electron chi connectivity index (χ1n) is 6.70. The number of rotatable bonds is 8. The smallest absolute Gasteiger partial charge is 0.335 e. The molecule has 4 nitrogen and oxygen atoms in total. The molecular formula is C15H21NO3S. The second kappa shape index (κ2) is 8.64. The number of nitrogens with one attached hydrogen (secondary N) is 1. The van der Waals surface area contributed by atoms with Gasteiger partial charge in [-0.2, -0.15) is 11.8 Å². The monoisotopic (exact) mass is 295 g/mol. The van der Waals surface area contributed by atoms with E-state index in [0.717, 1.165) is 17.9 Å². The number of amides is 1. The molecule has 2 N–H and O–H groups in total. The maximum absolute atomic E-state index is 11.8. The number of hydrogen-bond donors (Lipinski definition) is 2. The molecule has 0 unspecified atom stereocenters. The van der Waals surface area contributed by atoms with E-state index in [0.29, 0.717) is 18.0 Å². The van der Waals surface area contributed by atoms with Gasteiger partial charge in [-0.3, -0.25) is 4.79 Å². The van der Waals surface area contributed by atoms with Gasteiger partial charge in [0.15, 0.2) is 0 Å². The quantitative estimate of drug-likeness (QED) is 0.724. The Bertz CT molecular complexity index is 443. The summed E-state index contributed by atoms with van der Waals surface area (Å²) in [6.45, 7) is 5.02. The number of hydrogen-bond acceptors (Lipinski definition) is 3. The summed E-state index contributed by atoms with van der Waals surface area (Å²) in [5.74, 6) is 1.73. The van der Waals surface area contributed by atoms with Crippen molar-refractivity contribution in [3.63, 3.8) is 0 Å². The normalized spacial score (nSPS) is 10.6. The first kappa shape index (κ1) is 16.6. The molecule has 0 aliphatic rings. The highest BCUT2D eigenvalue weighted by molar-refractivity contribution is 7.99. The molecule has 1 rings (SSSR count). The summed E-state index contributed by atoms with van der Waals surface area (Å²) in [4.78, 5) is 22.5. The number of thioether (sulfide) groups is 1. The lowest BCUT2D eigenvalue weighted by molar-refractivity contribution is 0.0696. The van der Waals surface area contributed by atoms with Gasteiger partial charge in [-0.05, 0) is 48.1 Å². The van der Waals surface area contributed by atoms with E-state index in [1.165, 1.54) is 24.3 Å². The zero-order valence-electron chi connectivity index (χ0n) is 11.9. The van der Waals surface area contributed by atoms with Gasteiger partial charge in [-0.15, -0.1) is 0 Å². The van der Waals surface area contributed by atoms with E-state index < -0.39 is 5.97 Å². The molecule has 0 aromatic heterocycles. The molecule has 0 bridgehead atoms. The van der Waals surface area contributed by atoms with Crippen molar-refractivity contribution in [2.45, 2.75) is 20.3 Å². The Kier molecular flexibility index (Phi) is 7.15. The maximum atomic E-state index is 11.8. The van der Waals surface area contributed by atoms with Crippen LogP contribution in [0, 0.1) is 5.92 Å². The molecular weight excluding hydrogens is 274 g/mol. The number of carbonyl (C=O) groups is 2. The van der Waals surface area contributed by atoms with Gasteiger partial charge in [0.25, 0.3) is 5.91 Å². The molecule has 5 heteroatoms. The number of carboxylic acid groups (broad SMARTS) is 1. The molecule has 110 valence electrons. The zero-order chi connectivity index (χ0) is 15.0. The Morgan fingerprint density at radius 2 is 1.80 bits per heavy atom. The van der Waals surface area contributed by atoms with Crippen LogP contribution in [0.15, 0.2) is 24.3 Å². The number of aromatic carboxylic acids is 1. The van der Waals surface area contributed by atoms with Gasteiger partial charge in [0.2, 0.25) is 0 Å². The minimum absolute atomic E-state index is 0.157. The van der Waals surface area contributed by atoms with Crippen LogP contribution in [0.25, 0.3) is 0 Å². The lowest BCUT2D eigenvalue weighted by Gasteiger charge is -2.06. The number of carboxylic acids is 1. The molecule has 0 aliphatic heterocycles. The van der Waals surface area contributed by atoms with Crippen LogP contribution < -0.4 is 5.32 Å². The SMILES string of the molecule is CC(C)CSCCCNC(=O)c1ccc(C(=O)O)cc1. The molecule has 0 atom stereocenters. The van der Waals surface area contributed by atoms with Gasteiger partial charge >= 0.3 is 5.97 Å². The second-order valence-corrected chi connectivity index (χ2v) is 6.11. The third-order valence-corrected chi connectivity index (χ3v) is 4.08. The molecule has 0 aliphatic carbocycles. The maximum Gasteiger partial charge on any atom is 0.335 e. The largest absolute Gasteiger partial charge is 0.478 e. The summed E-state index contributed by atoms with van der Waals surface area (Å²) < 4.78 is 0. The summed E-state index contributed by atoms with van der Waals surface area (Å²) >= 11 is 1.90. The second-order valence-electron chi connectivity index (χ2n) is 4.96. The number of benzene rings is 1. The third kappa shape index (κ3) is 6.10. The third-order valence-electron chi connectivity index (χ3n) is 2.60. The fourth-order valence-corrected chi connectivity index (χ4v) is 2.55. The van der Waals surface area contributed by atoms with E-state index in [1.54, 1.807) is 0 Å². The molecule has 0 spiro atoms. The first-order valence-corrected chi connectivity index (χ1v) is 7.85. The summed E-state index contributed by atoms with van der Waals surface area (Å²) in [5.41, 5.74) is 0.677. The van der Waals surface area contributed by atoms with Crippen molar-refractivity contribution in [1.82, 2.24) is 5.32 Å². The van der Waals surface area contributed by atoms with Crippen molar-refractivity contribution in [2.75, 3.05) is 18.1 Å². The molecule has 0 heterocycles. The van der Waals surface area contributed by atoms with Gasteiger partial charge < -0.3 is 10.4 Å². The van der Waals surface area contributed by atoms with Crippen molar-refractivity contribution in [1.29, 1.82) is 0 Å². The molecule has 0 fully saturated rings. The minimum Gasteiger partial charge on any atom is -0.478 e. The fourth-order valence-electron chi connectivity index (χ4n) is 1.56. The highest BCUT2D eigenvalue weighted by atomic mass is 32.2. The topological polar surface area (TPSA) is 66.4 Å². The van der Waals surface area contributed by atoms with Crippen LogP contribution in [0.2, 0.25) is 0 Å². The minimum atomic E-state index is -0.987. The molecule has 0 radical (unpaired) electrons. The van der Waals surface area contributed by atoms with Crippen molar-refractivity contribution in [3.05, 3.63) is 35.4 Å². The Morgan fingerprint density at radius 1 is 1.20 bits per heavy atom. The summed E-state index contributed by atoms with van der Waals surface area (Å²) in [7, 11) is 0. The van der Waals surface area contributed by atoms with E-state index >= 15 is 0 Å². The van der Waals surface area contributed by atoms with Crippen LogP contribution in [0.4, 0.5) is 0 Å². The zero-order valence-corrected chi connectivity index (χ0v) is 12.7. The van der Waals surface area contributed by atoms with E-state index in [-0.39, 0.29) is 11.5 Å². The van der Waals surface area contributed by atoms with Crippen molar-refractivity contribution in [2.24, 2.45) is 5.92 Å². The van der Waals surface area contributed by atoms with Crippen molar-refractivity contribution >= 4 is 23.6 Å². The van der Waals surface area contributed by atoms with Crippen LogP contribution in [0.3, 0.4) is 0 Å². The Labute approximate surface area is 124 Å². The first-order chi connectivity index (χ1) is 9.50. The average Bonchev–Trinajstić information content (AvgIpc) is 2.42. The van der Waals surface area contributed by atoms with E-state index in [1.807, 2.05) is 11.8 Å². The van der Waals surface area contributed by atoms with Gasteiger partial charge in [0.05, 0.1) is 5.56 Å². The van der Waals surface area contributed by atoms with Gasteiger partial charge in [-0.25, -0.2) is 4.79 Å². The van der Waals surface area contributed by atoms with Crippen LogP contribution in [0.5, 0.6) is 0 Å². The molecule has 1 amide bonds. The van der Waals surface area contributed by atoms with E-state index in [9.17, 15) is 9.59 Å². The highest BCUT2D eigenvalue weighted by Crippen LogP contribution is 2.08. The van der Waals surface area contributed by atoms with Crippen LogP contribution >= 0.6 is 11.8 Å². The van der Waals surface area contributed by atoms with Crippen molar-refractivity contribution in [3.8, 4) is 0 Å². The molecule has 1 aromatic carbocycles. The van der Waals surface area contributed by atoms with Crippen LogP contribution in [0.1, 0.15) is 41.0 Å². The lowest BCUT2D eigenvalue weighted by Crippen LogP contribution is -2.24. The average molecular weight is 295 g/mol. The van der Waals surface area contributed by atoms with Crippen molar-refractivity contribution < 1.29 is 14.7 Å². The predicted octanol–water partition coefficient (Wildman–Crippen LogP) is 2.89. The van der Waals surface area contributed by atoms with Gasteiger partial charge in [0.1, 0.15) is 0 Å². The lowest BCUT2D eigenvalue weighted by atomic mass is 10.1. The summed E-state index contributed by atoms with van der Waals surface area (Å²) in [6.07, 6.45) is 0.941. The molecule has 20 heavy (non-hydrogen) atoms. The Hall–Kier alpha value is -1.49. The Morgan fingerprint density at radius 3 is 2.35 bits per heavy atom. The molecule has 0 saturated carbocycles. The standard InChI is InChI=1S/C15H21NO3S/c1-11(2)10-20-9-3-8-16-14(17)12-4-6-13(7-5-12)15(18)19/h4-7,11H,3,8-10H2,1-2H3,(H,16,17)(H,18,19). The summed E-state index contributed by atoms with van der Waals surface area (Å²) in [5, 5.41) is 11.6. The summed E-state index contributed by atoms with van der Waals surface area (Å²) in [6, 6.07) is 5.95.